The third-order valence-corrected chi connectivity index (χ3v) is 7.77. The number of Topliss-reactive ketones (excluding diaryl/α,β-unsaturated/α-hetero) is 2. The van der Waals surface area contributed by atoms with Crippen LogP contribution in [0.5, 0.6) is 11.5 Å². The highest BCUT2D eigenvalue weighted by atomic mass is 16.5. The Bertz CT molecular complexity index is 1320. The van der Waals surface area contributed by atoms with Crippen molar-refractivity contribution in [3.8, 4) is 23.8 Å². The minimum Gasteiger partial charge on any atom is -0.490 e. The summed E-state index contributed by atoms with van der Waals surface area (Å²) in [7, 11) is 0. The van der Waals surface area contributed by atoms with Gasteiger partial charge in [-0.05, 0) is 48.6 Å². The topological polar surface area (TPSA) is 93.1 Å². The van der Waals surface area contributed by atoms with E-state index in [1.54, 1.807) is 11.0 Å². The van der Waals surface area contributed by atoms with Crippen molar-refractivity contribution in [1.29, 1.82) is 0 Å². The molecule has 0 fully saturated rings. The van der Waals surface area contributed by atoms with Crippen molar-refractivity contribution in [2.24, 2.45) is 10.8 Å². The summed E-state index contributed by atoms with van der Waals surface area (Å²) in [6, 6.07) is 3.79. The number of benzene rings is 1. The lowest BCUT2D eigenvalue weighted by Crippen LogP contribution is -2.45. The number of hydrogen-bond acceptors (Lipinski definition) is 6. The summed E-state index contributed by atoms with van der Waals surface area (Å²) in [4.78, 5) is 41.7. The number of hydrogen-bond donors (Lipinski definition) is 1. The molecule has 0 spiro atoms. The van der Waals surface area contributed by atoms with Crippen molar-refractivity contribution >= 4 is 17.5 Å². The van der Waals surface area contributed by atoms with Crippen molar-refractivity contribution in [3.05, 3.63) is 58.5 Å². The molecule has 0 atom stereocenters. The van der Waals surface area contributed by atoms with Gasteiger partial charge in [0.2, 0.25) is 0 Å². The fourth-order valence-corrected chi connectivity index (χ4v) is 6.40. The summed E-state index contributed by atoms with van der Waals surface area (Å²) in [5.41, 5.74) is 3.26. The predicted octanol–water partition coefficient (Wildman–Crippen LogP) is 5.60. The molecule has 1 aromatic rings. The first-order chi connectivity index (χ1) is 18.8. The molecule has 212 valence electrons. The summed E-state index contributed by atoms with van der Waals surface area (Å²) in [6.07, 6.45) is 9.38. The lowest BCUT2D eigenvalue weighted by atomic mass is 9.63. The van der Waals surface area contributed by atoms with Gasteiger partial charge in [0.05, 0.1) is 6.61 Å². The number of carboxylic acid groups (broad SMARTS) is 1. The zero-order valence-corrected chi connectivity index (χ0v) is 24.2. The van der Waals surface area contributed by atoms with E-state index < -0.39 is 11.9 Å². The van der Waals surface area contributed by atoms with Gasteiger partial charge in [-0.2, -0.15) is 0 Å². The number of allylic oxidation sites excluding steroid dienone is 5. The molecule has 1 aliphatic heterocycles. The molecule has 0 radical (unpaired) electrons. The van der Waals surface area contributed by atoms with Gasteiger partial charge in [-0.1, -0.05) is 45.8 Å². The lowest BCUT2D eigenvalue weighted by Gasteiger charge is -2.48. The van der Waals surface area contributed by atoms with E-state index in [9.17, 15) is 19.5 Å². The summed E-state index contributed by atoms with van der Waals surface area (Å²) in [5, 5.41) is 9.90. The zero-order chi connectivity index (χ0) is 29.4. The van der Waals surface area contributed by atoms with Gasteiger partial charge in [-0.25, -0.2) is 0 Å². The van der Waals surface area contributed by atoms with E-state index in [4.69, 9.17) is 15.9 Å². The van der Waals surface area contributed by atoms with E-state index in [1.807, 2.05) is 46.8 Å². The fourth-order valence-electron chi connectivity index (χ4n) is 6.40. The van der Waals surface area contributed by atoms with Gasteiger partial charge < -0.3 is 19.5 Å². The van der Waals surface area contributed by atoms with Gasteiger partial charge in [0.1, 0.15) is 13.2 Å². The first-order valence-electron chi connectivity index (χ1n) is 13.8. The summed E-state index contributed by atoms with van der Waals surface area (Å²) in [5.74, 6) is 1.72. The SMILES string of the molecule is C#CCOc1c(CC=C)cc(C2C3=C(CC(C)(C)CC3=O)N(CC(=O)O)C3=C2C(=O)CC(C)(C)C3)cc1OCC. The summed E-state index contributed by atoms with van der Waals surface area (Å²) >= 11 is 0. The Hall–Kier alpha value is -3.79. The molecule has 0 saturated carbocycles. The Labute approximate surface area is 236 Å². The number of ketones is 2. The van der Waals surface area contributed by atoms with Crippen LogP contribution in [0.3, 0.4) is 0 Å². The molecule has 1 N–H and O–H groups in total. The van der Waals surface area contributed by atoms with Crippen LogP contribution in [-0.2, 0) is 20.8 Å². The number of aliphatic carboxylic acids is 1. The van der Waals surface area contributed by atoms with Crippen LogP contribution in [0.4, 0.5) is 0 Å². The van der Waals surface area contributed by atoms with Crippen LogP contribution in [0.25, 0.3) is 0 Å². The van der Waals surface area contributed by atoms with Crippen molar-refractivity contribution in [2.75, 3.05) is 19.8 Å². The number of ether oxygens (including phenoxy) is 2. The Morgan fingerprint density at radius 2 is 1.65 bits per heavy atom. The second-order valence-corrected chi connectivity index (χ2v) is 12.4. The van der Waals surface area contributed by atoms with Crippen molar-refractivity contribution in [2.45, 2.75) is 72.6 Å². The molecule has 7 nitrogen and oxygen atoms in total. The molecular formula is C33H39NO6. The van der Waals surface area contributed by atoms with Gasteiger partial charge >= 0.3 is 5.97 Å². The highest BCUT2D eigenvalue weighted by Gasteiger charge is 2.49. The normalized spacial score (nSPS) is 20.1. The molecule has 0 unspecified atom stereocenters. The van der Waals surface area contributed by atoms with E-state index >= 15 is 0 Å². The van der Waals surface area contributed by atoms with Gasteiger partial charge in [0, 0.05) is 46.9 Å². The third kappa shape index (κ3) is 5.58. The smallest absolute Gasteiger partial charge is 0.323 e. The number of carbonyl (C=O) groups excluding carboxylic acids is 2. The standard InChI is InChI=1S/C33H39NO6/c1-8-11-20-13-21(14-26(39-10-3)31(20)40-12-9-2)28-29-22(15-32(4,5)17-24(29)35)34(19-27(37)38)23-16-33(6,7)18-25(36)30(23)28/h2,8,13-14,28H,1,10-12,15-19H2,3-7H3,(H,37,38). The van der Waals surface area contributed by atoms with E-state index in [1.165, 1.54) is 0 Å². The van der Waals surface area contributed by atoms with Gasteiger partial charge in [-0.3, -0.25) is 14.4 Å². The molecule has 1 aromatic carbocycles. The van der Waals surface area contributed by atoms with E-state index in [2.05, 4.69) is 12.5 Å². The van der Waals surface area contributed by atoms with Crippen LogP contribution >= 0.6 is 0 Å². The van der Waals surface area contributed by atoms with E-state index in [0.717, 1.165) is 11.1 Å². The number of rotatable bonds is 9. The van der Waals surface area contributed by atoms with Crippen LogP contribution < -0.4 is 9.47 Å². The molecule has 40 heavy (non-hydrogen) atoms. The molecule has 1 heterocycles. The molecule has 0 bridgehead atoms. The van der Waals surface area contributed by atoms with Crippen molar-refractivity contribution < 1.29 is 29.0 Å². The highest BCUT2D eigenvalue weighted by Crippen LogP contribution is 2.55. The van der Waals surface area contributed by atoms with Crippen molar-refractivity contribution in [1.82, 2.24) is 4.90 Å². The van der Waals surface area contributed by atoms with Crippen molar-refractivity contribution in [3.63, 3.8) is 0 Å². The molecule has 3 aliphatic rings. The second-order valence-electron chi connectivity index (χ2n) is 12.4. The Morgan fingerprint density at radius 3 is 2.12 bits per heavy atom. The van der Waals surface area contributed by atoms with Gasteiger partial charge in [0.15, 0.2) is 23.1 Å². The van der Waals surface area contributed by atoms with Gasteiger partial charge in [-0.15, -0.1) is 13.0 Å². The number of nitrogens with zero attached hydrogens (tertiary/aromatic N) is 1. The third-order valence-electron chi connectivity index (χ3n) is 7.77. The number of terminal acetylenes is 1. The Balaban J connectivity index is 2.05. The Morgan fingerprint density at radius 1 is 1.07 bits per heavy atom. The molecule has 2 aliphatic carbocycles. The molecule has 0 amide bonds. The minimum absolute atomic E-state index is 0.0584. The van der Waals surface area contributed by atoms with Crippen LogP contribution in [0, 0.1) is 23.2 Å². The quantitative estimate of drug-likeness (QED) is 0.319. The molecular weight excluding hydrogens is 506 g/mol. The highest BCUT2D eigenvalue weighted by molar-refractivity contribution is 6.07. The molecule has 0 saturated heterocycles. The monoisotopic (exact) mass is 545 g/mol. The maximum Gasteiger partial charge on any atom is 0.323 e. The first kappa shape index (κ1) is 29.2. The lowest BCUT2D eigenvalue weighted by molar-refractivity contribution is -0.138. The van der Waals surface area contributed by atoms with Crippen LogP contribution in [0.1, 0.15) is 77.3 Å². The van der Waals surface area contributed by atoms with Crippen LogP contribution in [0.2, 0.25) is 0 Å². The number of carboxylic acids is 1. The van der Waals surface area contributed by atoms with Gasteiger partial charge in [0.25, 0.3) is 0 Å². The average molecular weight is 546 g/mol. The predicted molar refractivity (Wildman–Crippen MR) is 153 cm³/mol. The molecule has 0 aromatic heterocycles. The first-order valence-corrected chi connectivity index (χ1v) is 13.8. The summed E-state index contributed by atoms with van der Waals surface area (Å²) < 4.78 is 11.9. The van der Waals surface area contributed by atoms with Crippen LogP contribution in [-0.4, -0.2) is 47.3 Å². The Kier molecular flexibility index (Phi) is 8.03. The zero-order valence-electron chi connectivity index (χ0n) is 24.2. The maximum atomic E-state index is 13.9. The second kappa shape index (κ2) is 11.0. The van der Waals surface area contributed by atoms with Crippen LogP contribution in [0.15, 0.2) is 47.3 Å². The van der Waals surface area contributed by atoms with E-state index in [-0.39, 0.29) is 35.5 Å². The molecule has 4 rings (SSSR count). The maximum absolute atomic E-state index is 13.9. The molecule has 7 heteroatoms. The average Bonchev–Trinajstić information content (AvgIpc) is 2.83. The van der Waals surface area contributed by atoms with E-state index in [0.29, 0.717) is 72.8 Å². The summed E-state index contributed by atoms with van der Waals surface area (Å²) in [6.45, 7) is 14.0. The fraction of sp³-hybridized carbons (Fsp3) is 0.485. The minimum atomic E-state index is -1.01. The largest absolute Gasteiger partial charge is 0.490 e. The number of carbonyl (C=O) groups is 3.